The molecule has 0 atom stereocenters. The standard InChI is InChI=1S/C12H8N6O/c13-5-7-1-3-8(4-2-7)15-12-16-10-9(6-14-18-10)11(19)17-12/h1-4,6H,(H3,14,15,16,17,18,19). The van der Waals surface area contributed by atoms with Gasteiger partial charge in [-0.15, -0.1) is 0 Å². The summed E-state index contributed by atoms with van der Waals surface area (Å²) in [6.45, 7) is 0. The third-order valence-electron chi connectivity index (χ3n) is 2.60. The van der Waals surface area contributed by atoms with Crippen molar-refractivity contribution in [3.05, 3.63) is 46.4 Å². The maximum absolute atomic E-state index is 11.7. The van der Waals surface area contributed by atoms with Crippen LogP contribution in [-0.4, -0.2) is 20.2 Å². The van der Waals surface area contributed by atoms with Crippen molar-refractivity contribution in [1.82, 2.24) is 20.2 Å². The minimum absolute atomic E-state index is 0.269. The Hall–Kier alpha value is -3.14. The van der Waals surface area contributed by atoms with E-state index in [4.69, 9.17) is 5.26 Å². The van der Waals surface area contributed by atoms with Gasteiger partial charge in [-0.05, 0) is 24.3 Å². The van der Waals surface area contributed by atoms with Gasteiger partial charge < -0.3 is 5.32 Å². The summed E-state index contributed by atoms with van der Waals surface area (Å²) in [6, 6.07) is 8.85. The molecule has 2 aromatic heterocycles. The van der Waals surface area contributed by atoms with Crippen molar-refractivity contribution >= 4 is 22.7 Å². The van der Waals surface area contributed by atoms with E-state index >= 15 is 0 Å². The molecular formula is C12H8N6O. The van der Waals surface area contributed by atoms with Gasteiger partial charge in [-0.3, -0.25) is 14.9 Å². The fourth-order valence-electron chi connectivity index (χ4n) is 1.67. The zero-order valence-corrected chi connectivity index (χ0v) is 9.64. The quantitative estimate of drug-likeness (QED) is 0.636. The largest absolute Gasteiger partial charge is 0.326 e. The van der Waals surface area contributed by atoms with Crippen LogP contribution in [0.25, 0.3) is 11.0 Å². The molecule has 0 unspecified atom stereocenters. The van der Waals surface area contributed by atoms with Gasteiger partial charge >= 0.3 is 0 Å². The van der Waals surface area contributed by atoms with Crippen LogP contribution in [0.3, 0.4) is 0 Å². The molecule has 92 valence electrons. The molecule has 0 spiro atoms. The summed E-state index contributed by atoms with van der Waals surface area (Å²) in [6.07, 6.45) is 1.42. The maximum Gasteiger partial charge on any atom is 0.263 e. The van der Waals surface area contributed by atoms with Crippen molar-refractivity contribution in [3.8, 4) is 6.07 Å². The first-order valence-corrected chi connectivity index (χ1v) is 5.47. The van der Waals surface area contributed by atoms with Gasteiger partial charge in [0.1, 0.15) is 5.39 Å². The normalized spacial score (nSPS) is 10.3. The molecule has 3 N–H and O–H groups in total. The summed E-state index contributed by atoms with van der Waals surface area (Å²) in [4.78, 5) is 18.5. The highest BCUT2D eigenvalue weighted by atomic mass is 16.1. The number of aromatic nitrogens is 4. The predicted octanol–water partition coefficient (Wildman–Crippen LogP) is 1.26. The van der Waals surface area contributed by atoms with E-state index in [0.717, 1.165) is 5.69 Å². The summed E-state index contributed by atoms with van der Waals surface area (Å²) in [5, 5.41) is 18.5. The molecule has 0 aliphatic rings. The van der Waals surface area contributed by atoms with Gasteiger partial charge in [-0.1, -0.05) is 0 Å². The summed E-state index contributed by atoms with van der Waals surface area (Å²) < 4.78 is 0. The number of hydrogen-bond acceptors (Lipinski definition) is 5. The fraction of sp³-hybridized carbons (Fsp3) is 0. The number of nitrogens with zero attached hydrogens (tertiary/aromatic N) is 3. The molecule has 19 heavy (non-hydrogen) atoms. The van der Waals surface area contributed by atoms with Gasteiger partial charge in [0, 0.05) is 5.69 Å². The van der Waals surface area contributed by atoms with Gasteiger partial charge in [0.15, 0.2) is 5.65 Å². The van der Waals surface area contributed by atoms with E-state index in [1.54, 1.807) is 24.3 Å². The van der Waals surface area contributed by atoms with E-state index in [1.807, 2.05) is 6.07 Å². The summed E-state index contributed by atoms with van der Waals surface area (Å²) in [5.74, 6) is 0.312. The highest BCUT2D eigenvalue weighted by Gasteiger charge is 2.05. The van der Waals surface area contributed by atoms with Crippen molar-refractivity contribution in [2.45, 2.75) is 0 Å². The molecule has 0 radical (unpaired) electrons. The van der Waals surface area contributed by atoms with Crippen molar-refractivity contribution < 1.29 is 0 Å². The van der Waals surface area contributed by atoms with Crippen molar-refractivity contribution in [1.29, 1.82) is 5.26 Å². The van der Waals surface area contributed by atoms with Crippen molar-refractivity contribution in [2.75, 3.05) is 5.32 Å². The van der Waals surface area contributed by atoms with Crippen molar-refractivity contribution in [2.24, 2.45) is 0 Å². The number of nitriles is 1. The van der Waals surface area contributed by atoms with Crippen LogP contribution in [0.2, 0.25) is 0 Å². The zero-order chi connectivity index (χ0) is 13.2. The van der Waals surface area contributed by atoms with Crippen molar-refractivity contribution in [3.63, 3.8) is 0 Å². The first-order valence-electron chi connectivity index (χ1n) is 5.47. The number of benzene rings is 1. The van der Waals surface area contributed by atoms with Crippen LogP contribution in [0.1, 0.15) is 5.56 Å². The summed E-state index contributed by atoms with van der Waals surface area (Å²) >= 11 is 0. The lowest BCUT2D eigenvalue weighted by Gasteiger charge is -2.04. The third-order valence-corrected chi connectivity index (χ3v) is 2.60. The Morgan fingerprint density at radius 3 is 2.79 bits per heavy atom. The van der Waals surface area contributed by atoms with Gasteiger partial charge in [0.05, 0.1) is 17.8 Å². The molecule has 0 aliphatic heterocycles. The average Bonchev–Trinajstić information content (AvgIpc) is 2.88. The Bertz CT molecular complexity index is 824. The van der Waals surface area contributed by atoms with Crippen LogP contribution in [0.5, 0.6) is 0 Å². The van der Waals surface area contributed by atoms with Crippen LogP contribution < -0.4 is 10.9 Å². The third kappa shape index (κ3) is 2.02. The van der Waals surface area contributed by atoms with Crippen LogP contribution in [0, 0.1) is 11.3 Å². The number of hydrogen-bond donors (Lipinski definition) is 3. The van der Waals surface area contributed by atoms with Gasteiger partial charge in [0.25, 0.3) is 5.56 Å². The van der Waals surface area contributed by atoms with E-state index in [0.29, 0.717) is 22.5 Å². The Morgan fingerprint density at radius 2 is 2.05 bits per heavy atom. The molecule has 7 heteroatoms. The summed E-state index contributed by atoms with van der Waals surface area (Å²) in [5.41, 5.74) is 1.44. The topological polar surface area (TPSA) is 110 Å². The average molecular weight is 252 g/mol. The Kier molecular flexibility index (Phi) is 2.47. The van der Waals surface area contributed by atoms with Crippen LogP contribution in [0.15, 0.2) is 35.3 Å². The molecule has 0 saturated heterocycles. The second-order valence-electron chi connectivity index (χ2n) is 3.86. The molecule has 0 fully saturated rings. The first-order chi connectivity index (χ1) is 9.26. The lowest BCUT2D eigenvalue weighted by molar-refractivity contribution is 1.09. The van der Waals surface area contributed by atoms with E-state index < -0.39 is 0 Å². The van der Waals surface area contributed by atoms with Gasteiger partial charge in [0.2, 0.25) is 5.95 Å². The van der Waals surface area contributed by atoms with Gasteiger partial charge in [-0.25, -0.2) is 0 Å². The smallest absolute Gasteiger partial charge is 0.263 e. The van der Waals surface area contributed by atoms with Crippen LogP contribution in [-0.2, 0) is 0 Å². The minimum atomic E-state index is -0.269. The zero-order valence-electron chi connectivity index (χ0n) is 9.64. The molecule has 2 heterocycles. The molecule has 3 aromatic rings. The SMILES string of the molecule is N#Cc1ccc(Nc2nc3[nH]ncc3c(=O)[nH]2)cc1. The second-order valence-corrected chi connectivity index (χ2v) is 3.86. The lowest BCUT2D eigenvalue weighted by atomic mass is 10.2. The van der Waals surface area contributed by atoms with E-state index in [9.17, 15) is 4.79 Å². The maximum atomic E-state index is 11.7. The Balaban J connectivity index is 1.96. The second kappa shape index (κ2) is 4.27. The van der Waals surface area contributed by atoms with E-state index in [1.165, 1.54) is 6.20 Å². The number of fused-ring (bicyclic) bond motifs is 1. The van der Waals surface area contributed by atoms with E-state index in [-0.39, 0.29) is 5.56 Å². The molecule has 0 aliphatic carbocycles. The number of nitrogens with one attached hydrogen (secondary N) is 3. The summed E-state index contributed by atoms with van der Waals surface area (Å²) in [7, 11) is 0. The predicted molar refractivity (Wildman–Crippen MR) is 68.9 cm³/mol. The van der Waals surface area contributed by atoms with Gasteiger partial charge in [-0.2, -0.15) is 15.3 Å². The molecule has 0 saturated carbocycles. The fourth-order valence-corrected chi connectivity index (χ4v) is 1.67. The Labute approximate surface area is 106 Å². The molecule has 0 bridgehead atoms. The van der Waals surface area contributed by atoms with Crippen LogP contribution >= 0.6 is 0 Å². The highest BCUT2D eigenvalue weighted by molar-refractivity contribution is 5.74. The number of rotatable bonds is 2. The van der Waals surface area contributed by atoms with Crippen LogP contribution in [0.4, 0.5) is 11.6 Å². The monoisotopic (exact) mass is 252 g/mol. The number of anilines is 2. The molecule has 0 amide bonds. The number of aromatic amines is 2. The molecular weight excluding hydrogens is 244 g/mol. The van der Waals surface area contributed by atoms with E-state index in [2.05, 4.69) is 25.5 Å². The Morgan fingerprint density at radius 1 is 1.26 bits per heavy atom. The molecule has 7 nitrogen and oxygen atoms in total. The highest BCUT2D eigenvalue weighted by Crippen LogP contribution is 2.13. The lowest BCUT2D eigenvalue weighted by Crippen LogP contribution is -2.10. The molecule has 1 aromatic carbocycles. The minimum Gasteiger partial charge on any atom is -0.326 e. The molecule has 3 rings (SSSR count). The first kappa shape index (κ1) is 11.0. The number of H-pyrrole nitrogens is 2.